The second kappa shape index (κ2) is 5.26. The van der Waals surface area contributed by atoms with Gasteiger partial charge in [0.2, 0.25) is 0 Å². The molecular formula is C9H17N5. The molecule has 0 aromatic carbocycles. The minimum Gasteiger partial charge on any atom is -0.370 e. The fourth-order valence-electron chi connectivity index (χ4n) is 1.01. The fourth-order valence-corrected chi connectivity index (χ4v) is 1.01. The Morgan fingerprint density at radius 1 is 1.71 bits per heavy atom. The second-order valence-electron chi connectivity index (χ2n) is 3.15. The molecule has 1 aromatic heterocycles. The number of nitrogens with one attached hydrogen (secondary N) is 2. The van der Waals surface area contributed by atoms with Gasteiger partial charge in [-0.1, -0.05) is 6.92 Å². The summed E-state index contributed by atoms with van der Waals surface area (Å²) in [5.41, 5.74) is 7.75. The number of rotatable bonds is 4. The van der Waals surface area contributed by atoms with Crippen molar-refractivity contribution in [1.82, 2.24) is 15.5 Å². The van der Waals surface area contributed by atoms with Crippen molar-refractivity contribution in [2.24, 2.45) is 10.7 Å². The Labute approximate surface area is 83.8 Å². The van der Waals surface area contributed by atoms with E-state index in [1.807, 2.05) is 6.92 Å². The summed E-state index contributed by atoms with van der Waals surface area (Å²) in [5, 5.41) is 9.77. The third-order valence-electron chi connectivity index (χ3n) is 1.91. The molecule has 0 aliphatic rings. The third kappa shape index (κ3) is 3.08. The van der Waals surface area contributed by atoms with Crippen LogP contribution in [0.1, 0.15) is 24.6 Å². The van der Waals surface area contributed by atoms with Crippen LogP contribution in [0.5, 0.6) is 0 Å². The molecule has 0 radical (unpaired) electrons. The number of hydrogen-bond acceptors (Lipinski definition) is 2. The smallest absolute Gasteiger partial charge is 0.188 e. The van der Waals surface area contributed by atoms with E-state index in [2.05, 4.69) is 27.4 Å². The highest BCUT2D eigenvalue weighted by Crippen LogP contribution is 2.03. The number of aromatic nitrogens is 2. The Morgan fingerprint density at radius 3 is 3.07 bits per heavy atom. The maximum Gasteiger partial charge on any atom is 0.188 e. The normalized spacial score (nSPS) is 11.7. The van der Waals surface area contributed by atoms with E-state index in [-0.39, 0.29) is 0 Å². The monoisotopic (exact) mass is 195 g/mol. The van der Waals surface area contributed by atoms with Crippen molar-refractivity contribution in [3.8, 4) is 0 Å². The summed E-state index contributed by atoms with van der Waals surface area (Å²) >= 11 is 0. The van der Waals surface area contributed by atoms with Gasteiger partial charge >= 0.3 is 0 Å². The van der Waals surface area contributed by atoms with Gasteiger partial charge in [-0.2, -0.15) is 5.10 Å². The van der Waals surface area contributed by atoms with Crippen LogP contribution < -0.4 is 11.1 Å². The van der Waals surface area contributed by atoms with Crippen LogP contribution in [-0.2, 0) is 6.54 Å². The highest BCUT2D eigenvalue weighted by Gasteiger charge is 1.98. The van der Waals surface area contributed by atoms with E-state index < -0.39 is 0 Å². The van der Waals surface area contributed by atoms with Crippen molar-refractivity contribution in [3.05, 3.63) is 17.5 Å². The van der Waals surface area contributed by atoms with Crippen molar-refractivity contribution < 1.29 is 0 Å². The molecule has 5 nitrogen and oxygen atoms in total. The summed E-state index contributed by atoms with van der Waals surface area (Å²) in [6.07, 6.45) is 2.81. The highest BCUT2D eigenvalue weighted by molar-refractivity contribution is 5.77. The predicted octanol–water partition coefficient (Wildman–Crippen LogP) is 0.532. The molecule has 0 saturated carbocycles. The van der Waals surface area contributed by atoms with Crippen LogP contribution in [0.15, 0.2) is 11.2 Å². The van der Waals surface area contributed by atoms with Gasteiger partial charge in [-0.05, 0) is 13.3 Å². The van der Waals surface area contributed by atoms with E-state index in [4.69, 9.17) is 5.73 Å². The SMILES string of the molecule is CCCNC(N)=NCc1cn[nH]c1C. The zero-order valence-corrected chi connectivity index (χ0v) is 8.67. The number of guanidine groups is 1. The summed E-state index contributed by atoms with van der Waals surface area (Å²) in [7, 11) is 0. The molecule has 4 N–H and O–H groups in total. The van der Waals surface area contributed by atoms with E-state index in [9.17, 15) is 0 Å². The molecule has 0 aliphatic heterocycles. The number of aryl methyl sites for hydroxylation is 1. The first-order valence-electron chi connectivity index (χ1n) is 4.76. The van der Waals surface area contributed by atoms with Crippen molar-refractivity contribution >= 4 is 5.96 Å². The lowest BCUT2D eigenvalue weighted by Gasteiger charge is -2.02. The molecule has 0 spiro atoms. The lowest BCUT2D eigenvalue weighted by Crippen LogP contribution is -2.32. The lowest BCUT2D eigenvalue weighted by atomic mass is 10.3. The van der Waals surface area contributed by atoms with Gasteiger partial charge in [0.05, 0.1) is 12.7 Å². The molecule has 0 saturated heterocycles. The molecular weight excluding hydrogens is 178 g/mol. The summed E-state index contributed by atoms with van der Waals surface area (Å²) in [6.45, 7) is 5.48. The maximum atomic E-state index is 5.63. The number of nitrogens with two attached hydrogens (primary N) is 1. The van der Waals surface area contributed by atoms with Gasteiger partial charge in [0, 0.05) is 17.8 Å². The van der Waals surface area contributed by atoms with Gasteiger partial charge in [0.15, 0.2) is 5.96 Å². The van der Waals surface area contributed by atoms with Gasteiger partial charge in [-0.15, -0.1) is 0 Å². The summed E-state index contributed by atoms with van der Waals surface area (Å²) in [6, 6.07) is 0. The van der Waals surface area contributed by atoms with E-state index in [1.165, 1.54) is 0 Å². The Morgan fingerprint density at radius 2 is 2.50 bits per heavy atom. The topological polar surface area (TPSA) is 79.1 Å². The Kier molecular flexibility index (Phi) is 3.97. The van der Waals surface area contributed by atoms with Crippen molar-refractivity contribution in [1.29, 1.82) is 0 Å². The molecule has 1 rings (SSSR count). The number of aromatic amines is 1. The standard InChI is InChI=1S/C9H17N5/c1-3-4-11-9(10)12-5-8-6-13-14-7(8)2/h6H,3-5H2,1-2H3,(H,13,14)(H3,10,11,12). The van der Waals surface area contributed by atoms with Crippen molar-refractivity contribution in [2.45, 2.75) is 26.8 Å². The van der Waals surface area contributed by atoms with E-state index in [0.717, 1.165) is 24.2 Å². The fraction of sp³-hybridized carbons (Fsp3) is 0.556. The molecule has 1 heterocycles. The van der Waals surface area contributed by atoms with Crippen LogP contribution in [0.4, 0.5) is 0 Å². The van der Waals surface area contributed by atoms with Gasteiger partial charge < -0.3 is 11.1 Å². The Bertz CT molecular complexity index is 302. The lowest BCUT2D eigenvalue weighted by molar-refractivity contribution is 0.825. The van der Waals surface area contributed by atoms with Gasteiger partial charge in [-0.3, -0.25) is 5.10 Å². The van der Waals surface area contributed by atoms with Crippen LogP contribution in [0.2, 0.25) is 0 Å². The van der Waals surface area contributed by atoms with Gasteiger partial charge in [-0.25, -0.2) is 4.99 Å². The number of hydrogen-bond donors (Lipinski definition) is 3. The molecule has 14 heavy (non-hydrogen) atoms. The summed E-state index contributed by atoms with van der Waals surface area (Å²) < 4.78 is 0. The zero-order chi connectivity index (χ0) is 10.4. The first-order chi connectivity index (χ1) is 6.74. The van der Waals surface area contributed by atoms with Crippen LogP contribution in [-0.4, -0.2) is 22.7 Å². The summed E-state index contributed by atoms with van der Waals surface area (Å²) in [4.78, 5) is 4.19. The molecule has 0 atom stereocenters. The molecule has 1 aromatic rings. The van der Waals surface area contributed by atoms with Crippen molar-refractivity contribution in [2.75, 3.05) is 6.54 Å². The second-order valence-corrected chi connectivity index (χ2v) is 3.15. The number of H-pyrrole nitrogens is 1. The van der Waals surface area contributed by atoms with Crippen LogP contribution in [0, 0.1) is 6.92 Å². The van der Waals surface area contributed by atoms with E-state index in [1.54, 1.807) is 6.20 Å². The Hall–Kier alpha value is -1.52. The average Bonchev–Trinajstić information content (AvgIpc) is 2.58. The van der Waals surface area contributed by atoms with Crippen LogP contribution in [0.3, 0.4) is 0 Å². The quantitative estimate of drug-likeness (QED) is 0.484. The molecule has 0 fully saturated rings. The van der Waals surface area contributed by atoms with Gasteiger partial charge in [0.25, 0.3) is 0 Å². The predicted molar refractivity (Wildman–Crippen MR) is 56.9 cm³/mol. The third-order valence-corrected chi connectivity index (χ3v) is 1.91. The number of nitrogens with zero attached hydrogens (tertiary/aromatic N) is 2. The first-order valence-corrected chi connectivity index (χ1v) is 4.76. The highest BCUT2D eigenvalue weighted by atomic mass is 15.1. The first kappa shape index (κ1) is 10.6. The average molecular weight is 195 g/mol. The minimum atomic E-state index is 0.493. The minimum absolute atomic E-state index is 0.493. The van der Waals surface area contributed by atoms with Gasteiger partial charge in [0.1, 0.15) is 0 Å². The number of aliphatic imine (C=N–C) groups is 1. The van der Waals surface area contributed by atoms with Crippen LogP contribution in [0.25, 0.3) is 0 Å². The zero-order valence-electron chi connectivity index (χ0n) is 8.67. The van der Waals surface area contributed by atoms with Crippen molar-refractivity contribution in [3.63, 3.8) is 0 Å². The largest absolute Gasteiger partial charge is 0.370 e. The molecule has 78 valence electrons. The van der Waals surface area contributed by atoms with E-state index >= 15 is 0 Å². The molecule has 0 aliphatic carbocycles. The Balaban J connectivity index is 2.42. The molecule has 0 amide bonds. The van der Waals surface area contributed by atoms with E-state index in [0.29, 0.717) is 12.5 Å². The molecule has 0 unspecified atom stereocenters. The van der Waals surface area contributed by atoms with Crippen LogP contribution >= 0.6 is 0 Å². The summed E-state index contributed by atoms with van der Waals surface area (Å²) in [5.74, 6) is 0.493. The maximum absolute atomic E-state index is 5.63. The molecule has 5 heteroatoms. The molecule has 0 bridgehead atoms.